The van der Waals surface area contributed by atoms with E-state index in [-0.39, 0.29) is 0 Å². The van der Waals surface area contributed by atoms with E-state index in [1.54, 1.807) is 12.1 Å². The minimum atomic E-state index is 0.294. The molecule has 0 fully saturated rings. The molecule has 1 heterocycles. The minimum absolute atomic E-state index is 0.294. The summed E-state index contributed by atoms with van der Waals surface area (Å²) in [4.78, 5) is 4.73. The van der Waals surface area contributed by atoms with Crippen molar-refractivity contribution < 1.29 is 5.11 Å². The van der Waals surface area contributed by atoms with E-state index in [0.717, 1.165) is 23.4 Å². The number of phenolic OH excluding ortho intramolecular Hbond substituents is 1. The monoisotopic (exact) mass is 283 g/mol. The third-order valence-corrected chi connectivity index (χ3v) is 3.76. The second-order valence-corrected chi connectivity index (χ2v) is 5.58. The first-order valence-corrected chi connectivity index (χ1v) is 8.05. The number of benzene rings is 1. The Labute approximate surface area is 127 Å². The maximum atomic E-state index is 9.34. The zero-order valence-corrected chi connectivity index (χ0v) is 12.9. The topological polar surface area (TPSA) is 33.1 Å². The number of aromatic hydroxyl groups is 1. The smallest absolute Gasteiger partial charge is 0.115 e. The number of phenols is 1. The zero-order valence-electron chi connectivity index (χ0n) is 12.9. The zero-order chi connectivity index (χ0) is 14.9. The lowest BCUT2D eigenvalue weighted by molar-refractivity contribution is 0.475. The first-order valence-electron chi connectivity index (χ1n) is 8.05. The van der Waals surface area contributed by atoms with Gasteiger partial charge in [-0.3, -0.25) is 4.98 Å². The Morgan fingerprint density at radius 3 is 2.33 bits per heavy atom. The van der Waals surface area contributed by atoms with Gasteiger partial charge in [0.1, 0.15) is 5.75 Å². The molecule has 2 nitrogen and oxygen atoms in total. The molecule has 1 aromatic heterocycles. The van der Waals surface area contributed by atoms with Crippen LogP contribution in [-0.4, -0.2) is 10.1 Å². The van der Waals surface area contributed by atoms with Crippen LogP contribution in [-0.2, 0) is 6.42 Å². The fraction of sp³-hybridized carbons (Fsp3) is 0.421. The summed E-state index contributed by atoms with van der Waals surface area (Å²) in [5.41, 5.74) is 3.20. The van der Waals surface area contributed by atoms with Crippen LogP contribution in [0.25, 0.3) is 11.3 Å². The van der Waals surface area contributed by atoms with Crippen LogP contribution >= 0.6 is 0 Å². The number of hydrogen-bond donors (Lipinski definition) is 1. The molecule has 21 heavy (non-hydrogen) atoms. The standard InChI is InChI=1S/C19H25NO/c1-2-3-4-5-6-7-9-17-10-8-11-19(20-17)16-12-14-18(21)15-13-16/h8,10-15,21H,2-7,9H2,1H3. The lowest BCUT2D eigenvalue weighted by Gasteiger charge is -2.05. The highest BCUT2D eigenvalue weighted by molar-refractivity contribution is 5.60. The molecular weight excluding hydrogens is 258 g/mol. The molecule has 1 aromatic carbocycles. The van der Waals surface area contributed by atoms with Gasteiger partial charge in [-0.1, -0.05) is 45.1 Å². The van der Waals surface area contributed by atoms with Crippen molar-refractivity contribution in [2.24, 2.45) is 0 Å². The molecule has 0 aliphatic rings. The summed E-state index contributed by atoms with van der Waals surface area (Å²) in [5, 5.41) is 9.34. The van der Waals surface area contributed by atoms with E-state index in [4.69, 9.17) is 4.98 Å². The Bertz CT molecular complexity index is 534. The number of aryl methyl sites for hydroxylation is 1. The molecule has 0 aliphatic carbocycles. The van der Waals surface area contributed by atoms with Crippen molar-refractivity contribution in [3.05, 3.63) is 48.2 Å². The van der Waals surface area contributed by atoms with Gasteiger partial charge in [-0.25, -0.2) is 0 Å². The van der Waals surface area contributed by atoms with Crippen molar-refractivity contribution in [2.75, 3.05) is 0 Å². The van der Waals surface area contributed by atoms with Gasteiger partial charge in [0.2, 0.25) is 0 Å². The molecule has 0 aliphatic heterocycles. The number of unbranched alkanes of at least 4 members (excludes halogenated alkanes) is 5. The maximum absolute atomic E-state index is 9.34. The summed E-state index contributed by atoms with van der Waals surface area (Å²) in [7, 11) is 0. The molecule has 0 spiro atoms. The summed E-state index contributed by atoms with van der Waals surface area (Å²) in [6.07, 6.45) is 8.92. The number of rotatable bonds is 8. The van der Waals surface area contributed by atoms with Crippen molar-refractivity contribution in [3.8, 4) is 17.0 Å². The largest absolute Gasteiger partial charge is 0.508 e. The van der Waals surface area contributed by atoms with Crippen LogP contribution < -0.4 is 0 Å². The van der Waals surface area contributed by atoms with Gasteiger partial charge < -0.3 is 5.11 Å². The van der Waals surface area contributed by atoms with E-state index in [1.807, 2.05) is 18.2 Å². The van der Waals surface area contributed by atoms with Gasteiger partial charge in [0.05, 0.1) is 5.69 Å². The van der Waals surface area contributed by atoms with Crippen molar-refractivity contribution >= 4 is 0 Å². The van der Waals surface area contributed by atoms with Crippen LogP contribution in [0.1, 0.15) is 51.1 Å². The van der Waals surface area contributed by atoms with Gasteiger partial charge in [0, 0.05) is 11.3 Å². The summed E-state index contributed by atoms with van der Waals surface area (Å²) >= 11 is 0. The molecule has 2 heteroatoms. The average Bonchev–Trinajstić information content (AvgIpc) is 2.52. The van der Waals surface area contributed by atoms with Gasteiger partial charge in [-0.05, 0) is 49.2 Å². The van der Waals surface area contributed by atoms with Crippen molar-refractivity contribution in [2.45, 2.75) is 51.9 Å². The van der Waals surface area contributed by atoms with Gasteiger partial charge >= 0.3 is 0 Å². The third kappa shape index (κ3) is 5.22. The Morgan fingerprint density at radius 1 is 0.857 bits per heavy atom. The Balaban J connectivity index is 1.87. The normalized spacial score (nSPS) is 10.7. The number of nitrogens with zero attached hydrogens (tertiary/aromatic N) is 1. The highest BCUT2D eigenvalue weighted by Crippen LogP contribution is 2.20. The number of hydrogen-bond acceptors (Lipinski definition) is 2. The van der Waals surface area contributed by atoms with E-state index < -0.39 is 0 Å². The summed E-state index contributed by atoms with van der Waals surface area (Å²) in [6.45, 7) is 2.25. The van der Waals surface area contributed by atoms with Gasteiger partial charge in [0.15, 0.2) is 0 Å². The summed E-state index contributed by atoms with van der Waals surface area (Å²) < 4.78 is 0. The second-order valence-electron chi connectivity index (χ2n) is 5.58. The first-order chi connectivity index (χ1) is 10.3. The van der Waals surface area contributed by atoms with E-state index in [1.165, 1.54) is 38.5 Å². The van der Waals surface area contributed by atoms with E-state index in [0.29, 0.717) is 5.75 Å². The fourth-order valence-electron chi connectivity index (χ4n) is 2.50. The lowest BCUT2D eigenvalue weighted by atomic mass is 10.1. The Morgan fingerprint density at radius 2 is 1.57 bits per heavy atom. The van der Waals surface area contributed by atoms with Crippen LogP contribution in [0.15, 0.2) is 42.5 Å². The Hall–Kier alpha value is -1.83. The van der Waals surface area contributed by atoms with Crippen molar-refractivity contribution in [1.29, 1.82) is 0 Å². The third-order valence-electron chi connectivity index (χ3n) is 3.76. The molecule has 112 valence electrons. The molecule has 0 saturated heterocycles. The molecule has 1 N–H and O–H groups in total. The summed E-state index contributed by atoms with van der Waals surface area (Å²) in [6, 6.07) is 13.4. The maximum Gasteiger partial charge on any atom is 0.115 e. The van der Waals surface area contributed by atoms with Crippen molar-refractivity contribution in [1.82, 2.24) is 4.98 Å². The predicted molar refractivity (Wildman–Crippen MR) is 88.4 cm³/mol. The van der Waals surface area contributed by atoms with E-state index in [9.17, 15) is 5.11 Å². The van der Waals surface area contributed by atoms with E-state index >= 15 is 0 Å². The van der Waals surface area contributed by atoms with Crippen LogP contribution in [0.3, 0.4) is 0 Å². The molecule has 0 saturated carbocycles. The highest BCUT2D eigenvalue weighted by atomic mass is 16.3. The molecule has 0 unspecified atom stereocenters. The lowest BCUT2D eigenvalue weighted by Crippen LogP contribution is -1.93. The molecule has 0 radical (unpaired) electrons. The van der Waals surface area contributed by atoms with Gasteiger partial charge in [0.25, 0.3) is 0 Å². The van der Waals surface area contributed by atoms with Crippen LogP contribution in [0.2, 0.25) is 0 Å². The molecule has 0 amide bonds. The molecule has 2 rings (SSSR count). The van der Waals surface area contributed by atoms with Crippen LogP contribution in [0.5, 0.6) is 5.75 Å². The fourth-order valence-corrected chi connectivity index (χ4v) is 2.50. The summed E-state index contributed by atoms with van der Waals surface area (Å²) in [5.74, 6) is 0.294. The molecular formula is C19H25NO. The van der Waals surface area contributed by atoms with Gasteiger partial charge in [-0.2, -0.15) is 0 Å². The van der Waals surface area contributed by atoms with Crippen molar-refractivity contribution in [3.63, 3.8) is 0 Å². The molecule has 0 bridgehead atoms. The quantitative estimate of drug-likeness (QED) is 0.662. The first kappa shape index (κ1) is 15.6. The van der Waals surface area contributed by atoms with Crippen LogP contribution in [0.4, 0.5) is 0 Å². The molecule has 0 atom stereocenters. The number of pyridine rings is 1. The highest BCUT2D eigenvalue weighted by Gasteiger charge is 2.01. The van der Waals surface area contributed by atoms with Gasteiger partial charge in [-0.15, -0.1) is 0 Å². The minimum Gasteiger partial charge on any atom is -0.508 e. The SMILES string of the molecule is CCCCCCCCc1cccc(-c2ccc(O)cc2)n1. The second kappa shape index (κ2) is 8.46. The molecule has 2 aromatic rings. The predicted octanol–water partition coefficient (Wildman–Crippen LogP) is 5.36. The number of aromatic nitrogens is 1. The average molecular weight is 283 g/mol. The van der Waals surface area contributed by atoms with E-state index in [2.05, 4.69) is 19.1 Å². The van der Waals surface area contributed by atoms with Crippen LogP contribution in [0, 0.1) is 0 Å². The Kier molecular flexibility index (Phi) is 6.26.